The summed E-state index contributed by atoms with van der Waals surface area (Å²) in [5.74, 6) is 0. The summed E-state index contributed by atoms with van der Waals surface area (Å²) in [4.78, 5) is 24.0. The van der Waals surface area contributed by atoms with Crippen LogP contribution in [0.4, 0.5) is 0 Å². The molecule has 6 nitrogen and oxygen atoms in total. The number of imidazole rings is 3. The van der Waals surface area contributed by atoms with Gasteiger partial charge in [-0.3, -0.25) is 0 Å². The fourth-order valence-corrected chi connectivity index (χ4v) is 2.51. The van der Waals surface area contributed by atoms with Crippen LogP contribution < -0.4 is 15.0 Å². The molecule has 0 N–H and O–H groups in total. The van der Waals surface area contributed by atoms with E-state index in [0.29, 0.717) is 0 Å². The van der Waals surface area contributed by atoms with Crippen molar-refractivity contribution in [3.05, 3.63) is 91.8 Å². The SMILES string of the molecule is [Fe+3].c1ccc2[n-]cnc2c1.c1ccc2[n-]cnc2c1.c1ccc2[n-]cnc2c1. The summed E-state index contributed by atoms with van der Waals surface area (Å²) >= 11 is 0. The molecule has 0 aliphatic carbocycles. The molecule has 0 amide bonds. The number of fused-ring (bicyclic) bond motifs is 3. The van der Waals surface area contributed by atoms with Crippen molar-refractivity contribution in [3.8, 4) is 0 Å². The van der Waals surface area contributed by atoms with Crippen LogP contribution in [-0.2, 0) is 17.1 Å². The summed E-state index contributed by atoms with van der Waals surface area (Å²) in [6.07, 6.45) is 4.72. The van der Waals surface area contributed by atoms with Crippen LogP contribution in [0.3, 0.4) is 0 Å². The Bertz CT molecular complexity index is 1010. The molecule has 0 fully saturated rings. The number of benzene rings is 3. The van der Waals surface area contributed by atoms with Crippen molar-refractivity contribution < 1.29 is 17.1 Å². The number of rotatable bonds is 0. The van der Waals surface area contributed by atoms with Crippen molar-refractivity contribution in [2.24, 2.45) is 0 Å². The molecule has 0 unspecified atom stereocenters. The number of nitrogens with zero attached hydrogens (tertiary/aromatic N) is 6. The van der Waals surface area contributed by atoms with Crippen LogP contribution in [-0.4, -0.2) is 15.0 Å². The third-order valence-electron chi connectivity index (χ3n) is 3.83. The maximum Gasteiger partial charge on any atom is 3.00 e. The molecule has 1 radical (unpaired) electrons. The summed E-state index contributed by atoms with van der Waals surface area (Å²) in [7, 11) is 0. The van der Waals surface area contributed by atoms with Gasteiger partial charge in [-0.2, -0.15) is 0 Å². The second-order valence-electron chi connectivity index (χ2n) is 5.59. The first-order valence-electron chi connectivity index (χ1n) is 8.37. The van der Waals surface area contributed by atoms with Crippen LogP contribution in [0.1, 0.15) is 0 Å². The zero-order chi connectivity index (χ0) is 18.3. The Hall–Kier alpha value is -3.41. The maximum atomic E-state index is 4.01. The number of para-hydroxylation sites is 6. The smallest absolute Gasteiger partial charge is 0.443 e. The van der Waals surface area contributed by atoms with Gasteiger partial charge in [0.2, 0.25) is 0 Å². The van der Waals surface area contributed by atoms with Gasteiger partial charge in [-0.1, -0.05) is 91.8 Å². The van der Waals surface area contributed by atoms with Crippen molar-refractivity contribution in [2.45, 2.75) is 0 Å². The molecule has 6 rings (SSSR count). The summed E-state index contributed by atoms with van der Waals surface area (Å²) in [5.41, 5.74) is 5.82. The van der Waals surface area contributed by atoms with E-state index in [4.69, 9.17) is 0 Å². The Morgan fingerprint density at radius 1 is 0.429 bits per heavy atom. The van der Waals surface area contributed by atoms with E-state index in [-0.39, 0.29) is 17.1 Å². The summed E-state index contributed by atoms with van der Waals surface area (Å²) in [5, 5.41) is 0. The molecule has 28 heavy (non-hydrogen) atoms. The summed E-state index contributed by atoms with van der Waals surface area (Å²) < 4.78 is 0. The molecule has 0 bridgehead atoms. The van der Waals surface area contributed by atoms with E-state index >= 15 is 0 Å². The zero-order valence-corrected chi connectivity index (χ0v) is 15.8. The maximum absolute atomic E-state index is 4.01. The van der Waals surface area contributed by atoms with Crippen LogP contribution in [0, 0.1) is 0 Å². The zero-order valence-electron chi connectivity index (χ0n) is 14.7. The Morgan fingerprint density at radius 3 is 1.00 bits per heavy atom. The Balaban J connectivity index is 0.000000118. The molecule has 137 valence electrons. The van der Waals surface area contributed by atoms with Gasteiger partial charge >= 0.3 is 17.1 Å². The van der Waals surface area contributed by atoms with E-state index < -0.39 is 0 Å². The summed E-state index contributed by atoms with van der Waals surface area (Å²) in [6.45, 7) is 0. The molecule has 6 aromatic rings. The van der Waals surface area contributed by atoms with Gasteiger partial charge in [-0.15, -0.1) is 0 Å². The third kappa shape index (κ3) is 4.65. The van der Waals surface area contributed by atoms with E-state index in [1.54, 1.807) is 19.0 Å². The van der Waals surface area contributed by atoms with E-state index in [1.807, 2.05) is 72.8 Å². The van der Waals surface area contributed by atoms with Crippen LogP contribution in [0.5, 0.6) is 0 Å². The van der Waals surface area contributed by atoms with Crippen molar-refractivity contribution in [1.82, 2.24) is 29.9 Å². The van der Waals surface area contributed by atoms with E-state index in [9.17, 15) is 0 Å². The van der Waals surface area contributed by atoms with Gasteiger partial charge in [0.25, 0.3) is 0 Å². The Kier molecular flexibility index (Phi) is 6.57. The predicted molar refractivity (Wildman–Crippen MR) is 105 cm³/mol. The minimum atomic E-state index is 0. The molecule has 3 aromatic carbocycles. The monoisotopic (exact) mass is 407 g/mol. The van der Waals surface area contributed by atoms with Gasteiger partial charge in [-0.05, 0) is 33.1 Å². The van der Waals surface area contributed by atoms with Crippen LogP contribution in [0.25, 0.3) is 33.1 Å². The molecule has 3 heterocycles. The molecular weight excluding hydrogens is 392 g/mol. The normalized spacial score (nSPS) is 9.86. The van der Waals surface area contributed by atoms with Gasteiger partial charge < -0.3 is 29.9 Å². The molecule has 3 aromatic heterocycles. The fourth-order valence-electron chi connectivity index (χ4n) is 2.51. The topological polar surface area (TPSA) is 81.0 Å². The number of hydrogen-bond donors (Lipinski definition) is 0. The van der Waals surface area contributed by atoms with E-state index in [1.165, 1.54) is 0 Å². The molecule has 0 aliphatic rings. The predicted octanol–water partition coefficient (Wildman–Crippen LogP) is 3.57. The van der Waals surface area contributed by atoms with Crippen LogP contribution in [0.2, 0.25) is 0 Å². The van der Waals surface area contributed by atoms with Crippen LogP contribution >= 0.6 is 0 Å². The van der Waals surface area contributed by atoms with Gasteiger partial charge in [0.05, 0.1) is 0 Å². The molecule has 0 saturated heterocycles. The Labute approximate surface area is 171 Å². The first kappa shape index (κ1) is 19.4. The number of aromatic nitrogens is 6. The van der Waals surface area contributed by atoms with Crippen LogP contribution in [0.15, 0.2) is 91.8 Å². The fraction of sp³-hybridized carbons (Fsp3) is 0. The van der Waals surface area contributed by atoms with E-state index in [2.05, 4.69) is 29.9 Å². The minimum absolute atomic E-state index is 0. The molecular formula is C21H15FeN6. The second kappa shape index (κ2) is 9.50. The van der Waals surface area contributed by atoms with Gasteiger partial charge in [0.15, 0.2) is 0 Å². The quantitative estimate of drug-likeness (QED) is 0.358. The first-order chi connectivity index (χ1) is 13.4. The molecule has 0 saturated carbocycles. The van der Waals surface area contributed by atoms with Crippen molar-refractivity contribution in [1.29, 1.82) is 0 Å². The molecule has 0 atom stereocenters. The van der Waals surface area contributed by atoms with Crippen molar-refractivity contribution in [3.63, 3.8) is 0 Å². The largest absolute Gasteiger partial charge is 3.00 e. The van der Waals surface area contributed by atoms with Crippen molar-refractivity contribution in [2.75, 3.05) is 0 Å². The summed E-state index contributed by atoms with van der Waals surface area (Å²) in [6, 6.07) is 23.4. The molecule has 7 heteroatoms. The third-order valence-corrected chi connectivity index (χ3v) is 3.83. The molecule has 0 aliphatic heterocycles. The standard InChI is InChI=1S/3C7H5N2.Fe/c3*1-2-4-7-6(3-1)8-5-9-7;/h3*1-5H;/q3*-1;+3. The average molecular weight is 407 g/mol. The van der Waals surface area contributed by atoms with E-state index in [0.717, 1.165) is 33.1 Å². The van der Waals surface area contributed by atoms with Gasteiger partial charge in [-0.25, -0.2) is 0 Å². The molecule has 0 spiro atoms. The van der Waals surface area contributed by atoms with Crippen molar-refractivity contribution >= 4 is 33.1 Å². The van der Waals surface area contributed by atoms with Gasteiger partial charge in [0, 0.05) is 0 Å². The minimum Gasteiger partial charge on any atom is -0.443 e. The van der Waals surface area contributed by atoms with Gasteiger partial charge in [0.1, 0.15) is 0 Å². The first-order valence-corrected chi connectivity index (χ1v) is 8.37. The average Bonchev–Trinajstić information content (AvgIpc) is 3.48. The second-order valence-corrected chi connectivity index (χ2v) is 5.59. The number of hydrogen-bond acceptors (Lipinski definition) is 3. The Morgan fingerprint density at radius 2 is 0.714 bits per heavy atom.